The van der Waals surface area contributed by atoms with Crippen molar-refractivity contribution in [2.24, 2.45) is 17.8 Å². The minimum atomic E-state index is 0.185. The predicted octanol–water partition coefficient (Wildman–Crippen LogP) is 3.85. The SMILES string of the molecule is CCCOc1ccccc1NC(=O)C1CC2CCC1C2. The fourth-order valence-electron chi connectivity index (χ4n) is 3.70. The molecule has 2 aliphatic carbocycles. The lowest BCUT2D eigenvalue weighted by Crippen LogP contribution is -2.27. The largest absolute Gasteiger partial charge is 0.491 e. The van der Waals surface area contributed by atoms with E-state index in [-0.39, 0.29) is 11.8 Å². The number of para-hydroxylation sites is 2. The number of fused-ring (bicyclic) bond motifs is 2. The molecule has 3 rings (SSSR count). The van der Waals surface area contributed by atoms with Gasteiger partial charge in [-0.2, -0.15) is 0 Å². The number of hydrogen-bond acceptors (Lipinski definition) is 2. The molecule has 0 heterocycles. The Balaban J connectivity index is 1.66. The van der Waals surface area contributed by atoms with Crippen LogP contribution >= 0.6 is 0 Å². The van der Waals surface area contributed by atoms with Gasteiger partial charge in [-0.3, -0.25) is 4.79 Å². The minimum absolute atomic E-state index is 0.185. The van der Waals surface area contributed by atoms with E-state index in [4.69, 9.17) is 4.74 Å². The minimum Gasteiger partial charge on any atom is -0.491 e. The topological polar surface area (TPSA) is 38.3 Å². The van der Waals surface area contributed by atoms with E-state index in [1.807, 2.05) is 24.3 Å². The van der Waals surface area contributed by atoms with E-state index < -0.39 is 0 Å². The number of carbonyl (C=O) groups excluding carboxylic acids is 1. The molecule has 3 heteroatoms. The van der Waals surface area contributed by atoms with Gasteiger partial charge < -0.3 is 10.1 Å². The van der Waals surface area contributed by atoms with Gasteiger partial charge in [-0.05, 0) is 49.7 Å². The van der Waals surface area contributed by atoms with Crippen molar-refractivity contribution < 1.29 is 9.53 Å². The summed E-state index contributed by atoms with van der Waals surface area (Å²) < 4.78 is 5.70. The molecule has 0 saturated heterocycles. The van der Waals surface area contributed by atoms with Gasteiger partial charge in [0.25, 0.3) is 0 Å². The standard InChI is InChI=1S/C17H23NO2/c1-2-9-20-16-6-4-3-5-15(16)18-17(19)14-11-12-7-8-13(14)10-12/h3-6,12-14H,2,7-11H2,1H3,(H,18,19). The summed E-state index contributed by atoms with van der Waals surface area (Å²) in [5.41, 5.74) is 0.814. The summed E-state index contributed by atoms with van der Waals surface area (Å²) in [4.78, 5) is 12.5. The van der Waals surface area contributed by atoms with Crippen LogP contribution in [0, 0.1) is 17.8 Å². The summed E-state index contributed by atoms with van der Waals surface area (Å²) in [5, 5.41) is 3.08. The van der Waals surface area contributed by atoms with Crippen molar-refractivity contribution in [2.75, 3.05) is 11.9 Å². The molecule has 0 aliphatic heterocycles. The second kappa shape index (κ2) is 5.86. The number of anilines is 1. The molecule has 3 nitrogen and oxygen atoms in total. The third-order valence-corrected chi connectivity index (χ3v) is 4.68. The average Bonchev–Trinajstić information content (AvgIpc) is 3.09. The van der Waals surface area contributed by atoms with Crippen molar-refractivity contribution in [1.29, 1.82) is 0 Å². The van der Waals surface area contributed by atoms with Gasteiger partial charge in [0.05, 0.1) is 12.3 Å². The summed E-state index contributed by atoms with van der Waals surface area (Å²) in [6, 6.07) is 7.73. The lowest BCUT2D eigenvalue weighted by Gasteiger charge is -2.21. The van der Waals surface area contributed by atoms with Crippen LogP contribution in [0.15, 0.2) is 24.3 Å². The molecule has 108 valence electrons. The Labute approximate surface area is 120 Å². The van der Waals surface area contributed by atoms with Gasteiger partial charge in [-0.1, -0.05) is 25.5 Å². The second-order valence-electron chi connectivity index (χ2n) is 6.12. The van der Waals surface area contributed by atoms with Crippen LogP contribution in [0.3, 0.4) is 0 Å². The number of amides is 1. The molecule has 0 aromatic heterocycles. The third-order valence-electron chi connectivity index (χ3n) is 4.68. The summed E-state index contributed by atoms with van der Waals surface area (Å²) in [5.74, 6) is 2.59. The summed E-state index contributed by atoms with van der Waals surface area (Å²) in [6.45, 7) is 2.76. The first kappa shape index (κ1) is 13.5. The van der Waals surface area contributed by atoms with E-state index in [1.165, 1.54) is 19.3 Å². The Morgan fingerprint density at radius 2 is 2.15 bits per heavy atom. The first-order valence-electron chi connectivity index (χ1n) is 7.80. The number of benzene rings is 1. The van der Waals surface area contributed by atoms with Crippen LogP contribution in [0.5, 0.6) is 5.75 Å². The number of ether oxygens (including phenoxy) is 1. The number of rotatable bonds is 5. The fourth-order valence-corrected chi connectivity index (χ4v) is 3.70. The Hall–Kier alpha value is -1.51. The third kappa shape index (κ3) is 2.67. The first-order valence-corrected chi connectivity index (χ1v) is 7.80. The van der Waals surface area contributed by atoms with E-state index in [0.717, 1.165) is 30.2 Å². The molecule has 1 amide bonds. The molecule has 20 heavy (non-hydrogen) atoms. The normalized spacial score (nSPS) is 27.6. The number of nitrogens with one attached hydrogen (secondary N) is 1. The predicted molar refractivity (Wildman–Crippen MR) is 79.8 cm³/mol. The quantitative estimate of drug-likeness (QED) is 0.885. The Bertz CT molecular complexity index is 486. The monoisotopic (exact) mass is 273 g/mol. The van der Waals surface area contributed by atoms with Crippen molar-refractivity contribution in [1.82, 2.24) is 0 Å². The Morgan fingerprint density at radius 3 is 2.85 bits per heavy atom. The molecule has 1 N–H and O–H groups in total. The maximum absolute atomic E-state index is 12.5. The van der Waals surface area contributed by atoms with Crippen molar-refractivity contribution in [3.63, 3.8) is 0 Å². The van der Waals surface area contributed by atoms with Crippen LogP contribution in [-0.2, 0) is 4.79 Å². The molecule has 0 spiro atoms. The molecular weight excluding hydrogens is 250 g/mol. The van der Waals surface area contributed by atoms with Gasteiger partial charge in [-0.25, -0.2) is 0 Å². The Kier molecular flexibility index (Phi) is 3.95. The van der Waals surface area contributed by atoms with Crippen molar-refractivity contribution >= 4 is 11.6 Å². The second-order valence-corrected chi connectivity index (χ2v) is 6.12. The van der Waals surface area contributed by atoms with Crippen LogP contribution in [0.4, 0.5) is 5.69 Å². The highest BCUT2D eigenvalue weighted by atomic mass is 16.5. The zero-order valence-corrected chi connectivity index (χ0v) is 12.1. The maximum atomic E-state index is 12.5. The van der Waals surface area contributed by atoms with Gasteiger partial charge in [0, 0.05) is 5.92 Å². The highest BCUT2D eigenvalue weighted by Gasteiger charge is 2.43. The number of hydrogen-bond donors (Lipinski definition) is 1. The van der Waals surface area contributed by atoms with Gasteiger partial charge in [0.2, 0.25) is 5.91 Å². The molecule has 1 aromatic rings. The summed E-state index contributed by atoms with van der Waals surface area (Å²) in [7, 11) is 0. The van der Waals surface area contributed by atoms with Gasteiger partial charge in [0.1, 0.15) is 5.75 Å². The zero-order chi connectivity index (χ0) is 13.9. The lowest BCUT2D eigenvalue weighted by atomic mass is 9.88. The molecule has 0 radical (unpaired) electrons. The number of carbonyl (C=O) groups is 1. The van der Waals surface area contributed by atoms with Crippen LogP contribution in [0.2, 0.25) is 0 Å². The molecule has 2 bridgehead atoms. The van der Waals surface area contributed by atoms with Crippen molar-refractivity contribution in [2.45, 2.75) is 39.0 Å². The van der Waals surface area contributed by atoms with Crippen molar-refractivity contribution in [3.05, 3.63) is 24.3 Å². The smallest absolute Gasteiger partial charge is 0.227 e. The zero-order valence-electron chi connectivity index (χ0n) is 12.1. The first-order chi connectivity index (χ1) is 9.78. The van der Waals surface area contributed by atoms with Gasteiger partial charge in [-0.15, -0.1) is 0 Å². The van der Waals surface area contributed by atoms with Crippen LogP contribution < -0.4 is 10.1 Å². The maximum Gasteiger partial charge on any atom is 0.227 e. The molecule has 3 unspecified atom stereocenters. The molecule has 2 fully saturated rings. The van der Waals surface area contributed by atoms with Gasteiger partial charge >= 0.3 is 0 Å². The van der Waals surface area contributed by atoms with Gasteiger partial charge in [0.15, 0.2) is 0 Å². The van der Waals surface area contributed by atoms with Crippen LogP contribution in [-0.4, -0.2) is 12.5 Å². The summed E-state index contributed by atoms with van der Waals surface area (Å²) >= 11 is 0. The van der Waals surface area contributed by atoms with E-state index in [9.17, 15) is 4.79 Å². The molecule has 2 saturated carbocycles. The van der Waals surface area contributed by atoms with E-state index >= 15 is 0 Å². The Morgan fingerprint density at radius 1 is 1.30 bits per heavy atom. The average molecular weight is 273 g/mol. The fraction of sp³-hybridized carbons (Fsp3) is 0.588. The highest BCUT2D eigenvalue weighted by Crippen LogP contribution is 2.48. The van der Waals surface area contributed by atoms with E-state index in [0.29, 0.717) is 12.5 Å². The lowest BCUT2D eigenvalue weighted by molar-refractivity contribution is -0.121. The molecular formula is C17H23NO2. The van der Waals surface area contributed by atoms with Crippen LogP contribution in [0.1, 0.15) is 39.0 Å². The molecule has 2 aliphatic rings. The van der Waals surface area contributed by atoms with E-state index in [2.05, 4.69) is 12.2 Å². The van der Waals surface area contributed by atoms with E-state index in [1.54, 1.807) is 0 Å². The van der Waals surface area contributed by atoms with Crippen LogP contribution in [0.25, 0.3) is 0 Å². The highest BCUT2D eigenvalue weighted by molar-refractivity contribution is 5.94. The van der Waals surface area contributed by atoms with Crippen molar-refractivity contribution in [3.8, 4) is 5.75 Å². The molecule has 3 atom stereocenters. The molecule has 1 aromatic carbocycles. The summed E-state index contributed by atoms with van der Waals surface area (Å²) in [6.07, 6.45) is 5.86.